The minimum Gasteiger partial charge on any atom is -0.310 e. The van der Waals surface area contributed by atoms with E-state index in [-0.39, 0.29) is 5.41 Å². The number of anilines is 3. The Hall–Kier alpha value is -9.34. The van der Waals surface area contributed by atoms with E-state index in [4.69, 9.17) is 0 Å². The maximum absolute atomic E-state index is 2.68. The highest BCUT2D eigenvalue weighted by Crippen LogP contribution is 2.58. The molecule has 0 radical (unpaired) electrons. The molecule has 77 heavy (non-hydrogen) atoms. The fraction of sp³-hybridized carbons (Fsp3) is 0.0400. The van der Waals surface area contributed by atoms with Crippen molar-refractivity contribution in [1.29, 1.82) is 0 Å². The van der Waals surface area contributed by atoms with Crippen LogP contribution in [0.15, 0.2) is 303 Å². The van der Waals surface area contributed by atoms with Crippen molar-refractivity contribution in [2.24, 2.45) is 0 Å². The van der Waals surface area contributed by atoms with E-state index in [2.05, 4.69) is 315 Å². The van der Waals surface area contributed by atoms with E-state index < -0.39 is 13.5 Å². The van der Waals surface area contributed by atoms with Crippen LogP contribution in [-0.2, 0) is 10.8 Å². The molecule has 0 saturated heterocycles. The van der Waals surface area contributed by atoms with Crippen molar-refractivity contribution in [3.8, 4) is 44.5 Å². The van der Waals surface area contributed by atoms with Crippen LogP contribution in [0.4, 0.5) is 17.1 Å². The van der Waals surface area contributed by atoms with Gasteiger partial charge in [0.05, 0.1) is 5.41 Å². The van der Waals surface area contributed by atoms with E-state index in [0.717, 1.165) is 17.1 Å². The highest BCUT2D eigenvalue weighted by molar-refractivity contribution is 7.22. The number of hydrogen-bond donors (Lipinski definition) is 0. The maximum Gasteiger partial charge on any atom is 0.180 e. The third-order valence-corrected chi connectivity index (χ3v) is 22.4. The Kier molecular flexibility index (Phi) is 10.3. The molecule has 0 atom stereocenters. The molecule has 0 N–H and O–H groups in total. The average molecular weight is 996 g/mol. The zero-order valence-corrected chi connectivity index (χ0v) is 43.8. The lowest BCUT2D eigenvalue weighted by molar-refractivity contribution is 0.714. The summed E-state index contributed by atoms with van der Waals surface area (Å²) in [7, 11) is -2.68. The molecule has 1 aliphatic heterocycles. The molecule has 15 rings (SSSR count). The monoisotopic (exact) mass is 995 g/mol. The second-order valence-electron chi connectivity index (χ2n) is 21.2. The zero-order valence-electron chi connectivity index (χ0n) is 42.8. The van der Waals surface area contributed by atoms with Crippen LogP contribution in [0.5, 0.6) is 0 Å². The summed E-state index contributed by atoms with van der Waals surface area (Å²) in [5.41, 5.74) is 21.7. The summed E-state index contributed by atoms with van der Waals surface area (Å²) in [6, 6.07) is 114. The Bertz CT molecular complexity index is 4100. The molecule has 0 spiro atoms. The molecule has 0 unspecified atom stereocenters. The van der Waals surface area contributed by atoms with E-state index in [9.17, 15) is 0 Å². The minimum absolute atomic E-state index is 0.361. The van der Waals surface area contributed by atoms with Crippen molar-refractivity contribution < 1.29 is 0 Å². The van der Waals surface area contributed by atoms with Gasteiger partial charge in [0.1, 0.15) is 0 Å². The first kappa shape index (κ1) is 45.1. The quantitative estimate of drug-likeness (QED) is 0.130. The maximum atomic E-state index is 2.50. The number of rotatable bonds is 9. The molecule has 0 saturated carbocycles. The lowest BCUT2D eigenvalue weighted by atomic mass is 9.67. The fourth-order valence-corrected chi connectivity index (χ4v) is 19.4. The lowest BCUT2D eigenvalue weighted by Crippen LogP contribution is -2.72. The third kappa shape index (κ3) is 6.52. The first-order chi connectivity index (χ1) is 38.1. The molecule has 0 amide bonds. The molecule has 12 aromatic carbocycles. The summed E-state index contributed by atoms with van der Waals surface area (Å²) in [6.45, 7) is 2.41. The van der Waals surface area contributed by atoms with Crippen molar-refractivity contribution in [1.82, 2.24) is 0 Å². The third-order valence-electron chi connectivity index (χ3n) is 17.5. The topological polar surface area (TPSA) is 3.24 Å². The molecule has 1 heterocycles. The molecular formula is C75H53NSi. The van der Waals surface area contributed by atoms with E-state index in [0.29, 0.717) is 0 Å². The van der Waals surface area contributed by atoms with E-state index >= 15 is 0 Å². The van der Waals surface area contributed by atoms with Crippen LogP contribution in [0, 0.1) is 0 Å². The van der Waals surface area contributed by atoms with E-state index in [1.165, 1.54) is 104 Å². The Labute approximate surface area is 452 Å². The largest absolute Gasteiger partial charge is 0.310 e. The predicted octanol–water partition coefficient (Wildman–Crippen LogP) is 15.9. The molecule has 12 aromatic rings. The first-order valence-corrected chi connectivity index (χ1v) is 29.0. The van der Waals surface area contributed by atoms with Crippen LogP contribution < -0.4 is 25.6 Å². The fourth-order valence-electron chi connectivity index (χ4n) is 14.2. The van der Waals surface area contributed by atoms with Gasteiger partial charge >= 0.3 is 0 Å². The van der Waals surface area contributed by atoms with Gasteiger partial charge in [-0.3, -0.25) is 0 Å². The van der Waals surface area contributed by atoms with Gasteiger partial charge in [0.15, 0.2) is 8.07 Å². The number of hydrogen-bond acceptors (Lipinski definition) is 1. The smallest absolute Gasteiger partial charge is 0.180 e. The van der Waals surface area contributed by atoms with E-state index in [1.54, 1.807) is 0 Å². The van der Waals surface area contributed by atoms with Crippen molar-refractivity contribution >= 4 is 45.9 Å². The number of fused-ring (bicyclic) bond motifs is 9. The molecule has 0 bridgehead atoms. The van der Waals surface area contributed by atoms with Gasteiger partial charge in [0.2, 0.25) is 0 Å². The SMILES string of the molecule is CC1(c2cccc(N(c3ccc(-c4cccc([Si]5(c6ccccc6)c6ccccc6-c6ccccc65)c4)cc3)c3ccc4c(c3)C(c3ccccc3)(c3ccccc3)c3ccccc3-4)c2)c2ccccc2-c2ccccc21. The lowest BCUT2D eigenvalue weighted by Gasteiger charge is -2.35. The predicted molar refractivity (Wildman–Crippen MR) is 324 cm³/mol. The van der Waals surface area contributed by atoms with Gasteiger partial charge in [-0.1, -0.05) is 267 Å². The van der Waals surface area contributed by atoms with Gasteiger partial charge in [-0.2, -0.15) is 0 Å². The van der Waals surface area contributed by atoms with Crippen molar-refractivity contribution in [3.63, 3.8) is 0 Å². The van der Waals surface area contributed by atoms with Gasteiger partial charge in [0.25, 0.3) is 0 Å². The van der Waals surface area contributed by atoms with Gasteiger partial charge in [0, 0.05) is 22.5 Å². The summed E-state index contributed by atoms with van der Waals surface area (Å²) in [4.78, 5) is 2.49. The second kappa shape index (κ2) is 17.6. The zero-order chi connectivity index (χ0) is 51.1. The van der Waals surface area contributed by atoms with E-state index in [1.807, 2.05) is 0 Å². The summed E-state index contributed by atoms with van der Waals surface area (Å²) in [5.74, 6) is 0. The summed E-state index contributed by atoms with van der Waals surface area (Å²) in [6.07, 6.45) is 0. The van der Waals surface area contributed by atoms with Crippen LogP contribution in [-0.4, -0.2) is 8.07 Å². The standard InChI is InChI=1S/C75H53NSi/c1-74(68-38-16-11-33-62(68)63-34-12-17-39-69(63)74)56-28-22-29-58(50-56)76(59-47-48-65-64-35-13-18-40-70(64)75(71(65)51-59,54-24-5-2-6-25-54)55-26-7-3-8-27-55)57-45-43-52(44-46-57)53-23-21-32-61(49-53)77(60-30-9-4-10-31-60)72-41-19-14-36-66(72)67-37-15-20-42-73(67)77/h2-51H,1H3. The van der Waals surface area contributed by atoms with Crippen molar-refractivity contribution in [3.05, 3.63) is 342 Å². The molecule has 0 fully saturated rings. The molecule has 2 aliphatic carbocycles. The molecular weight excluding hydrogens is 943 g/mol. The van der Waals surface area contributed by atoms with Gasteiger partial charge in [-0.05, 0) is 148 Å². The molecule has 0 aromatic heterocycles. The second-order valence-corrected chi connectivity index (χ2v) is 24.9. The Balaban J connectivity index is 0.916. The summed E-state index contributed by atoms with van der Waals surface area (Å²) >= 11 is 0. The van der Waals surface area contributed by atoms with Crippen LogP contribution in [0.2, 0.25) is 0 Å². The Morgan fingerprint density at radius 3 is 1.32 bits per heavy atom. The van der Waals surface area contributed by atoms with Gasteiger partial charge in [-0.15, -0.1) is 0 Å². The van der Waals surface area contributed by atoms with Gasteiger partial charge < -0.3 is 4.90 Å². The summed E-state index contributed by atoms with van der Waals surface area (Å²) in [5, 5.41) is 5.71. The molecule has 2 heteroatoms. The Morgan fingerprint density at radius 1 is 0.273 bits per heavy atom. The Morgan fingerprint density at radius 2 is 0.714 bits per heavy atom. The molecule has 3 aliphatic rings. The van der Waals surface area contributed by atoms with Crippen molar-refractivity contribution in [2.45, 2.75) is 17.8 Å². The van der Waals surface area contributed by atoms with Crippen LogP contribution in [0.3, 0.4) is 0 Å². The minimum atomic E-state index is -2.68. The normalized spacial score (nSPS) is 14.4. The van der Waals surface area contributed by atoms with Gasteiger partial charge in [-0.25, -0.2) is 0 Å². The van der Waals surface area contributed by atoms with Crippen molar-refractivity contribution in [2.75, 3.05) is 4.90 Å². The number of benzene rings is 12. The first-order valence-electron chi connectivity index (χ1n) is 27.0. The van der Waals surface area contributed by atoms with Crippen LogP contribution in [0.25, 0.3) is 44.5 Å². The van der Waals surface area contributed by atoms with Crippen LogP contribution >= 0.6 is 0 Å². The average Bonchev–Trinajstić information content (AvgIpc) is 4.27. The highest BCUT2D eigenvalue weighted by atomic mass is 28.3. The highest BCUT2D eigenvalue weighted by Gasteiger charge is 2.49. The molecule has 1 nitrogen and oxygen atoms in total. The molecule has 362 valence electrons. The summed E-state index contributed by atoms with van der Waals surface area (Å²) < 4.78 is 0. The number of nitrogens with zero attached hydrogens (tertiary/aromatic N) is 1. The van der Waals surface area contributed by atoms with Crippen LogP contribution in [0.1, 0.15) is 45.9 Å².